The van der Waals surface area contributed by atoms with Crippen LogP contribution in [0.1, 0.15) is 5.56 Å². The molecule has 0 saturated carbocycles. The Bertz CT molecular complexity index is 455. The van der Waals surface area contributed by atoms with E-state index in [0.717, 1.165) is 10.6 Å². The molecule has 0 aliphatic carbocycles. The molecule has 1 nitrogen and oxygen atoms in total. The summed E-state index contributed by atoms with van der Waals surface area (Å²) in [6, 6.07) is 14.9. The van der Waals surface area contributed by atoms with Gasteiger partial charge in [0.05, 0.1) is 0 Å². The van der Waals surface area contributed by atoms with Crippen LogP contribution in [0.15, 0.2) is 48.5 Å². The maximum absolute atomic E-state index is 12.2. The van der Waals surface area contributed by atoms with Crippen molar-refractivity contribution >= 4 is 30.0 Å². The maximum Gasteiger partial charge on any atom is 0.136 e. The third-order valence-electron chi connectivity index (χ3n) is 2.33. The number of rotatable bonds is 2. The molecule has 0 N–H and O–H groups in total. The van der Waals surface area contributed by atoms with E-state index < -0.39 is 7.80 Å². The van der Waals surface area contributed by atoms with Crippen LogP contribution in [0.3, 0.4) is 0 Å². The van der Waals surface area contributed by atoms with Gasteiger partial charge in [-0.1, -0.05) is 29.3 Å². The summed E-state index contributed by atoms with van der Waals surface area (Å²) in [5.41, 5.74) is 1.17. The van der Waals surface area contributed by atoms with Gasteiger partial charge in [-0.15, -0.1) is 0 Å². The molecule has 0 fully saturated rings. The van der Waals surface area contributed by atoms with Crippen molar-refractivity contribution in [3.05, 3.63) is 59.1 Å². The zero-order valence-corrected chi connectivity index (χ0v) is 10.5. The van der Waals surface area contributed by atoms with Gasteiger partial charge in [0.15, 0.2) is 0 Å². The third kappa shape index (κ3) is 2.49. The lowest BCUT2D eigenvalue weighted by Gasteiger charge is -2.02. The first kappa shape index (κ1) is 11.3. The van der Waals surface area contributed by atoms with Crippen molar-refractivity contribution in [3.63, 3.8) is 0 Å². The number of benzene rings is 2. The summed E-state index contributed by atoms with van der Waals surface area (Å²) >= 11 is 5.79. The second-order valence-electron chi connectivity index (χ2n) is 3.61. The van der Waals surface area contributed by atoms with Crippen molar-refractivity contribution in [3.8, 4) is 0 Å². The van der Waals surface area contributed by atoms with E-state index in [-0.39, 0.29) is 0 Å². The average Bonchev–Trinajstić information content (AvgIpc) is 2.30. The van der Waals surface area contributed by atoms with Gasteiger partial charge in [-0.3, -0.25) is 4.57 Å². The van der Waals surface area contributed by atoms with Crippen LogP contribution < -0.4 is 10.6 Å². The van der Waals surface area contributed by atoms with E-state index in [2.05, 4.69) is 0 Å². The Labute approximate surface area is 101 Å². The zero-order chi connectivity index (χ0) is 11.5. The second kappa shape index (κ2) is 4.78. The predicted octanol–water partition coefficient (Wildman–Crippen LogP) is 3.43. The lowest BCUT2D eigenvalue weighted by atomic mass is 10.2. The highest BCUT2D eigenvalue weighted by Crippen LogP contribution is 2.20. The molecule has 0 bridgehead atoms. The fraction of sp³-hybridized carbons (Fsp3) is 0.0769. The monoisotopic (exact) mass is 249 g/mol. The van der Waals surface area contributed by atoms with Crippen molar-refractivity contribution in [2.24, 2.45) is 0 Å². The molecule has 16 heavy (non-hydrogen) atoms. The maximum atomic E-state index is 12.2. The quantitative estimate of drug-likeness (QED) is 0.746. The smallest absolute Gasteiger partial charge is 0.136 e. The van der Waals surface area contributed by atoms with Crippen LogP contribution in [0.25, 0.3) is 0 Å². The number of aryl methyl sites for hydroxylation is 1. The van der Waals surface area contributed by atoms with Crippen molar-refractivity contribution in [1.29, 1.82) is 0 Å². The van der Waals surface area contributed by atoms with E-state index in [1.54, 1.807) is 24.3 Å². The second-order valence-corrected chi connectivity index (χ2v) is 5.66. The predicted molar refractivity (Wildman–Crippen MR) is 69.5 cm³/mol. The molecule has 0 amide bonds. The summed E-state index contributed by atoms with van der Waals surface area (Å²) in [5.74, 6) is 0. The molecule has 2 aromatic carbocycles. The first-order valence-electron chi connectivity index (χ1n) is 4.96. The molecule has 0 aromatic heterocycles. The Kier molecular flexibility index (Phi) is 3.38. The van der Waals surface area contributed by atoms with Crippen molar-refractivity contribution in [1.82, 2.24) is 0 Å². The number of hydrogen-bond acceptors (Lipinski definition) is 1. The van der Waals surface area contributed by atoms with E-state index in [1.807, 2.05) is 31.2 Å². The Balaban J connectivity index is 2.32. The van der Waals surface area contributed by atoms with E-state index >= 15 is 0 Å². The van der Waals surface area contributed by atoms with Gasteiger partial charge in [-0.2, -0.15) is 0 Å². The highest BCUT2D eigenvalue weighted by molar-refractivity contribution is 7.61. The van der Waals surface area contributed by atoms with Crippen molar-refractivity contribution in [2.75, 3.05) is 0 Å². The Hall–Kier alpha value is -1.17. The zero-order valence-electron chi connectivity index (χ0n) is 8.85. The van der Waals surface area contributed by atoms with Crippen LogP contribution in [-0.4, -0.2) is 0 Å². The van der Waals surface area contributed by atoms with E-state index in [0.29, 0.717) is 5.02 Å². The van der Waals surface area contributed by atoms with Crippen molar-refractivity contribution in [2.45, 2.75) is 6.92 Å². The Morgan fingerprint density at radius 2 is 1.31 bits per heavy atom. The molecule has 0 spiro atoms. The molecule has 0 heterocycles. The molecule has 1 radical (unpaired) electrons. The molecule has 2 aromatic rings. The summed E-state index contributed by atoms with van der Waals surface area (Å²) < 4.78 is 12.2. The van der Waals surface area contributed by atoms with Crippen LogP contribution in [0.4, 0.5) is 0 Å². The molecule has 3 heteroatoms. The number of halogens is 1. The summed E-state index contributed by atoms with van der Waals surface area (Å²) in [7, 11) is -1.50. The molecule has 2 rings (SSSR count). The summed E-state index contributed by atoms with van der Waals surface area (Å²) in [5, 5.41) is 2.32. The standard InChI is InChI=1S/C13H11ClOP/c1-10-2-6-12(7-3-10)16(15)13-8-4-11(14)5-9-13/h2-9H,1H3. The molecule has 0 aliphatic rings. The van der Waals surface area contributed by atoms with Crippen LogP contribution in [-0.2, 0) is 4.57 Å². The lowest BCUT2D eigenvalue weighted by Crippen LogP contribution is -2.05. The fourth-order valence-corrected chi connectivity index (χ4v) is 2.67. The molecular weight excluding hydrogens is 239 g/mol. The summed E-state index contributed by atoms with van der Waals surface area (Å²) in [6.45, 7) is 2.01. The lowest BCUT2D eigenvalue weighted by molar-refractivity contribution is 0.598. The number of hydrogen-bond donors (Lipinski definition) is 0. The van der Waals surface area contributed by atoms with Crippen LogP contribution in [0.5, 0.6) is 0 Å². The normalized spacial score (nSPS) is 11.2. The van der Waals surface area contributed by atoms with Crippen LogP contribution >= 0.6 is 19.4 Å². The SMILES string of the molecule is Cc1ccc([P](=O)c2ccc(Cl)cc2)cc1. The minimum atomic E-state index is -1.50. The van der Waals surface area contributed by atoms with E-state index in [1.165, 1.54) is 5.56 Å². The van der Waals surface area contributed by atoms with Crippen LogP contribution in [0.2, 0.25) is 5.02 Å². The van der Waals surface area contributed by atoms with Gasteiger partial charge in [0.2, 0.25) is 0 Å². The highest BCUT2D eigenvalue weighted by Gasteiger charge is 2.06. The first-order valence-corrected chi connectivity index (χ1v) is 6.60. The van der Waals surface area contributed by atoms with Gasteiger partial charge in [-0.05, 0) is 43.3 Å². The molecular formula is C13H11ClOP. The first-order chi connectivity index (χ1) is 7.66. The molecule has 0 aliphatic heterocycles. The third-order valence-corrected chi connectivity index (χ3v) is 4.12. The topological polar surface area (TPSA) is 17.1 Å². The average molecular weight is 250 g/mol. The molecule has 0 saturated heterocycles. The minimum Gasteiger partial charge on any atom is -0.277 e. The van der Waals surface area contributed by atoms with Gasteiger partial charge >= 0.3 is 0 Å². The van der Waals surface area contributed by atoms with Gasteiger partial charge in [0.25, 0.3) is 0 Å². The van der Waals surface area contributed by atoms with Crippen molar-refractivity contribution < 1.29 is 4.57 Å². The van der Waals surface area contributed by atoms with E-state index in [4.69, 9.17) is 11.6 Å². The molecule has 1 unspecified atom stereocenters. The van der Waals surface area contributed by atoms with Crippen LogP contribution in [0, 0.1) is 6.92 Å². The minimum absolute atomic E-state index is 0.663. The molecule has 81 valence electrons. The Morgan fingerprint density at radius 1 is 0.875 bits per heavy atom. The highest BCUT2D eigenvalue weighted by atomic mass is 35.5. The van der Waals surface area contributed by atoms with Gasteiger partial charge in [-0.25, -0.2) is 0 Å². The van der Waals surface area contributed by atoms with Gasteiger partial charge in [0, 0.05) is 15.6 Å². The van der Waals surface area contributed by atoms with Gasteiger partial charge in [0.1, 0.15) is 7.80 Å². The largest absolute Gasteiger partial charge is 0.277 e. The fourth-order valence-electron chi connectivity index (χ4n) is 1.41. The van der Waals surface area contributed by atoms with E-state index in [9.17, 15) is 4.57 Å². The summed E-state index contributed by atoms with van der Waals surface area (Å²) in [6.07, 6.45) is 0. The summed E-state index contributed by atoms with van der Waals surface area (Å²) in [4.78, 5) is 0. The molecule has 1 atom stereocenters. The Morgan fingerprint density at radius 3 is 1.81 bits per heavy atom. The van der Waals surface area contributed by atoms with Gasteiger partial charge < -0.3 is 0 Å².